The molecule has 0 aliphatic rings. The standard InChI is InChI=1S/C3H4.O.Ru/c1-3-2;;/h1-2H2;;. The van der Waals surface area contributed by atoms with Gasteiger partial charge in [-0.2, -0.15) is 0 Å². The van der Waals surface area contributed by atoms with Crippen molar-refractivity contribution in [2.45, 2.75) is 0 Å². The molecule has 0 aliphatic carbocycles. The van der Waals surface area contributed by atoms with E-state index < -0.39 is 0 Å². The van der Waals surface area contributed by atoms with Gasteiger partial charge < -0.3 is 0 Å². The summed E-state index contributed by atoms with van der Waals surface area (Å²) in [6, 6.07) is 0. The van der Waals surface area contributed by atoms with Gasteiger partial charge in [0, 0.05) is 0 Å². The molecule has 0 saturated heterocycles. The first kappa shape index (κ1) is 8.87. The molecular weight excluding hydrogens is 153 g/mol. The fourth-order valence-corrected chi connectivity index (χ4v) is 0. The summed E-state index contributed by atoms with van der Waals surface area (Å²) in [6.45, 7) is 6.25. The second-order valence-corrected chi connectivity index (χ2v) is 0.250. The third-order valence-corrected chi connectivity index (χ3v) is 0. The van der Waals surface area contributed by atoms with Gasteiger partial charge in [-0.25, -0.2) is 0 Å². The van der Waals surface area contributed by atoms with Crippen molar-refractivity contribution in [2.75, 3.05) is 0 Å². The first-order valence-corrected chi connectivity index (χ1v) is 1.56. The zero-order valence-corrected chi connectivity index (χ0v) is 4.41. The number of rotatable bonds is 0. The first-order valence-electron chi connectivity index (χ1n) is 0.851. The van der Waals surface area contributed by atoms with Gasteiger partial charge in [0.05, 0.1) is 0 Å². The van der Waals surface area contributed by atoms with E-state index >= 15 is 0 Å². The third-order valence-electron chi connectivity index (χ3n) is 0. The molecule has 5 heavy (non-hydrogen) atoms. The van der Waals surface area contributed by atoms with Crippen molar-refractivity contribution in [2.24, 2.45) is 0 Å². The molecule has 0 aromatic rings. The Morgan fingerprint density at radius 3 is 1.40 bits per heavy atom. The Morgan fingerprint density at radius 2 is 1.40 bits per heavy atom. The van der Waals surface area contributed by atoms with Crippen LogP contribution in [0.3, 0.4) is 0 Å². The molecule has 0 rings (SSSR count). The van der Waals surface area contributed by atoms with Crippen LogP contribution >= 0.6 is 0 Å². The summed E-state index contributed by atoms with van der Waals surface area (Å²) in [6.07, 6.45) is 0. The van der Waals surface area contributed by atoms with Crippen molar-refractivity contribution < 1.29 is 21.8 Å². The van der Waals surface area contributed by atoms with Crippen LogP contribution in [0.2, 0.25) is 0 Å². The van der Waals surface area contributed by atoms with Crippen molar-refractivity contribution in [3.05, 3.63) is 18.9 Å². The fraction of sp³-hybridized carbons (Fsp3) is 0. The third kappa shape index (κ3) is 4650. The summed E-state index contributed by atoms with van der Waals surface area (Å²) in [5, 5.41) is 0. The molecule has 0 N–H and O–H groups in total. The Bertz CT molecular complexity index is 36.2. The van der Waals surface area contributed by atoms with E-state index in [2.05, 4.69) is 18.9 Å². The van der Waals surface area contributed by atoms with E-state index in [0.717, 1.165) is 18.3 Å². The van der Waals surface area contributed by atoms with E-state index in [4.69, 9.17) is 3.57 Å². The normalized spacial score (nSPS) is 2.60. The maximum absolute atomic E-state index is 8.18. The second-order valence-electron chi connectivity index (χ2n) is 0.250. The summed E-state index contributed by atoms with van der Waals surface area (Å²) >= 11 is 1.10. The van der Waals surface area contributed by atoms with Gasteiger partial charge in [0.25, 0.3) is 0 Å². The van der Waals surface area contributed by atoms with E-state index in [1.807, 2.05) is 0 Å². The van der Waals surface area contributed by atoms with Crippen LogP contribution in [-0.2, 0) is 21.8 Å². The minimum absolute atomic E-state index is 1.10. The van der Waals surface area contributed by atoms with Crippen LogP contribution < -0.4 is 0 Å². The van der Waals surface area contributed by atoms with Gasteiger partial charge in [0.15, 0.2) is 0 Å². The van der Waals surface area contributed by atoms with Crippen LogP contribution in [0.5, 0.6) is 0 Å². The van der Waals surface area contributed by atoms with E-state index in [1.54, 1.807) is 0 Å². The van der Waals surface area contributed by atoms with Crippen LogP contribution in [0.4, 0.5) is 0 Å². The maximum atomic E-state index is 8.18. The first-order chi connectivity index (χ1) is 2.41. The minimum atomic E-state index is 1.10. The van der Waals surface area contributed by atoms with Crippen LogP contribution in [0, 0.1) is 0 Å². The quantitative estimate of drug-likeness (QED) is 0.376. The monoisotopic (exact) mass is 158 g/mol. The molecule has 0 aromatic carbocycles. The van der Waals surface area contributed by atoms with Crippen LogP contribution in [0.1, 0.15) is 0 Å². The van der Waals surface area contributed by atoms with Gasteiger partial charge >= 0.3 is 21.8 Å². The van der Waals surface area contributed by atoms with Crippen molar-refractivity contribution in [3.63, 3.8) is 0 Å². The molecule has 0 atom stereocenters. The Morgan fingerprint density at radius 1 is 1.40 bits per heavy atom. The van der Waals surface area contributed by atoms with E-state index in [9.17, 15) is 0 Å². The molecule has 2 heteroatoms. The molecule has 0 bridgehead atoms. The molecule has 0 heterocycles. The molecule has 0 fully saturated rings. The summed E-state index contributed by atoms with van der Waals surface area (Å²) in [5.74, 6) is 0. The van der Waals surface area contributed by atoms with Crippen LogP contribution in [-0.4, -0.2) is 0 Å². The molecule has 0 aromatic heterocycles. The molecule has 0 radical (unpaired) electrons. The molecule has 0 saturated carbocycles. The Balaban J connectivity index is 0. The molecule has 0 unspecified atom stereocenters. The zero-order chi connectivity index (χ0) is 4.71. The molecule has 1 nitrogen and oxygen atoms in total. The molecule has 0 aliphatic heterocycles. The number of hydrogen-bond acceptors (Lipinski definition) is 1. The summed E-state index contributed by atoms with van der Waals surface area (Å²) in [7, 11) is 0. The van der Waals surface area contributed by atoms with Gasteiger partial charge in [-0.15, -0.1) is 5.73 Å². The van der Waals surface area contributed by atoms with E-state index in [0.29, 0.717) is 0 Å². The average molecular weight is 157 g/mol. The van der Waals surface area contributed by atoms with Crippen molar-refractivity contribution in [1.29, 1.82) is 0 Å². The van der Waals surface area contributed by atoms with Gasteiger partial charge in [-0.1, -0.05) is 13.2 Å². The molecule has 30 valence electrons. The van der Waals surface area contributed by atoms with Gasteiger partial charge in [-0.3, -0.25) is 0 Å². The SMILES string of the molecule is C=C=C.[O]=[Ru]. The number of hydrogen-bond donors (Lipinski definition) is 0. The van der Waals surface area contributed by atoms with Gasteiger partial charge in [0.1, 0.15) is 0 Å². The summed E-state index contributed by atoms with van der Waals surface area (Å²) in [5.41, 5.74) is 2.25. The fourth-order valence-electron chi connectivity index (χ4n) is 0. The molecule has 0 amide bonds. The topological polar surface area (TPSA) is 17.1 Å². The summed E-state index contributed by atoms with van der Waals surface area (Å²) in [4.78, 5) is 0. The molecular formula is C3H4ORu. The van der Waals surface area contributed by atoms with Crippen molar-refractivity contribution in [3.8, 4) is 0 Å². The van der Waals surface area contributed by atoms with Gasteiger partial charge in [-0.05, 0) is 0 Å². The predicted octanol–water partition coefficient (Wildman–Crippen LogP) is 0.836. The second kappa shape index (κ2) is 38.4. The predicted molar refractivity (Wildman–Crippen MR) is 15.5 cm³/mol. The molecule has 0 spiro atoms. The van der Waals surface area contributed by atoms with E-state index in [1.165, 1.54) is 0 Å². The van der Waals surface area contributed by atoms with E-state index in [-0.39, 0.29) is 0 Å². The van der Waals surface area contributed by atoms with Gasteiger partial charge in [0.2, 0.25) is 0 Å². The van der Waals surface area contributed by atoms with Crippen LogP contribution in [0.15, 0.2) is 18.9 Å². The van der Waals surface area contributed by atoms with Crippen LogP contribution in [0.25, 0.3) is 0 Å². The average Bonchev–Trinajstić information content (AvgIpc) is 1.46. The Hall–Kier alpha value is -0.0566. The zero-order valence-electron chi connectivity index (χ0n) is 2.68. The van der Waals surface area contributed by atoms with Crippen molar-refractivity contribution in [1.82, 2.24) is 0 Å². The van der Waals surface area contributed by atoms with Crippen molar-refractivity contribution >= 4 is 0 Å². The Labute approximate surface area is 41.3 Å². The Kier molecular flexibility index (Phi) is 68.1. The summed E-state index contributed by atoms with van der Waals surface area (Å²) < 4.78 is 8.18.